The molecule has 0 aromatic carbocycles. The fourth-order valence-electron chi connectivity index (χ4n) is 2.49. The van der Waals surface area contributed by atoms with Crippen LogP contribution in [0.2, 0.25) is 0 Å². The van der Waals surface area contributed by atoms with Gasteiger partial charge in [-0.2, -0.15) is 13.1 Å². The first kappa shape index (κ1) is 14.9. The molecule has 0 aliphatic heterocycles. The Kier molecular flexibility index (Phi) is 7.08. The molecule has 2 aliphatic rings. The minimum atomic E-state index is -3.97. The van der Waals surface area contributed by atoms with Crippen molar-refractivity contribution in [3.8, 4) is 0 Å². The van der Waals surface area contributed by atoms with E-state index in [1.54, 1.807) is 0 Å². The quantitative estimate of drug-likeness (QED) is 0.752. The second-order valence-electron chi connectivity index (χ2n) is 5.05. The van der Waals surface area contributed by atoms with Gasteiger partial charge in [-0.1, -0.05) is 57.8 Å². The van der Waals surface area contributed by atoms with Crippen molar-refractivity contribution in [2.24, 2.45) is 0 Å². The lowest BCUT2D eigenvalue weighted by atomic mass is 9.96. The molecule has 0 atom stereocenters. The summed E-state index contributed by atoms with van der Waals surface area (Å²) in [4.78, 5) is 0. The Hall–Kier alpha value is -0.130. The highest BCUT2D eigenvalue weighted by molar-refractivity contribution is 7.83. The van der Waals surface area contributed by atoms with Gasteiger partial charge in [0.05, 0.1) is 0 Å². The summed E-state index contributed by atoms with van der Waals surface area (Å²) >= 11 is 0. The Labute approximate surface area is 105 Å². The largest absolute Gasteiger partial charge is 0.333 e. The van der Waals surface area contributed by atoms with Crippen molar-refractivity contribution in [3.05, 3.63) is 0 Å². The average molecular weight is 263 g/mol. The van der Waals surface area contributed by atoms with Crippen molar-refractivity contribution in [1.29, 1.82) is 0 Å². The smallest absolute Gasteiger partial charge is 0.273 e. The number of rotatable bonds is 2. The highest BCUT2D eigenvalue weighted by Crippen LogP contribution is 2.17. The van der Waals surface area contributed by atoms with Crippen molar-refractivity contribution in [2.75, 3.05) is 0 Å². The van der Waals surface area contributed by atoms with Crippen LogP contribution in [-0.2, 0) is 10.3 Å². The molecule has 5 heteroatoms. The van der Waals surface area contributed by atoms with Crippen molar-refractivity contribution < 1.29 is 13.0 Å². The summed E-state index contributed by atoms with van der Waals surface area (Å²) in [5.74, 6) is 0. The van der Waals surface area contributed by atoms with Crippen LogP contribution in [0.3, 0.4) is 0 Å². The Morgan fingerprint density at radius 1 is 0.765 bits per heavy atom. The fraction of sp³-hybridized carbons (Fsp3) is 1.00. The molecule has 17 heavy (non-hydrogen) atoms. The van der Waals surface area contributed by atoms with E-state index in [1.165, 1.54) is 44.9 Å². The van der Waals surface area contributed by atoms with Crippen molar-refractivity contribution in [1.82, 2.24) is 4.72 Å². The summed E-state index contributed by atoms with van der Waals surface area (Å²) in [6.45, 7) is 0. The van der Waals surface area contributed by atoms with Crippen LogP contribution in [-0.4, -0.2) is 19.0 Å². The molecule has 0 unspecified atom stereocenters. The second-order valence-corrected chi connectivity index (χ2v) is 6.24. The summed E-state index contributed by atoms with van der Waals surface area (Å²) in [5, 5.41) is 0. The van der Waals surface area contributed by atoms with Gasteiger partial charge in [-0.25, -0.2) is 0 Å². The molecule has 2 aliphatic carbocycles. The zero-order valence-electron chi connectivity index (χ0n) is 10.5. The van der Waals surface area contributed by atoms with E-state index < -0.39 is 10.3 Å². The van der Waals surface area contributed by atoms with E-state index in [0.29, 0.717) is 0 Å². The molecule has 0 saturated heterocycles. The Morgan fingerprint density at radius 3 is 1.47 bits per heavy atom. The molecule has 0 amide bonds. The average Bonchev–Trinajstić information content (AvgIpc) is 2.31. The van der Waals surface area contributed by atoms with E-state index >= 15 is 0 Å². The molecule has 102 valence electrons. The predicted octanol–water partition coefficient (Wildman–Crippen LogP) is 3.05. The summed E-state index contributed by atoms with van der Waals surface area (Å²) in [5.41, 5.74) is 0. The molecule has 0 heterocycles. The highest BCUT2D eigenvalue weighted by Gasteiger charge is 2.17. The highest BCUT2D eigenvalue weighted by atomic mass is 32.2. The van der Waals surface area contributed by atoms with Crippen molar-refractivity contribution in [3.63, 3.8) is 0 Å². The fourth-order valence-corrected chi connectivity index (χ4v) is 3.15. The van der Waals surface area contributed by atoms with Crippen LogP contribution in [0.25, 0.3) is 0 Å². The topological polar surface area (TPSA) is 66.4 Å². The van der Waals surface area contributed by atoms with Crippen LogP contribution in [0.15, 0.2) is 0 Å². The maximum absolute atomic E-state index is 10.3. The van der Waals surface area contributed by atoms with Crippen LogP contribution in [0, 0.1) is 0 Å². The van der Waals surface area contributed by atoms with Crippen LogP contribution < -0.4 is 4.72 Å². The van der Waals surface area contributed by atoms with Crippen LogP contribution >= 0.6 is 0 Å². The van der Waals surface area contributed by atoms with Gasteiger partial charge in [0.15, 0.2) is 0 Å². The first-order chi connectivity index (χ1) is 8.08. The van der Waals surface area contributed by atoms with Gasteiger partial charge in [0.1, 0.15) is 0 Å². The summed E-state index contributed by atoms with van der Waals surface area (Å²) < 4.78 is 31.3. The summed E-state index contributed by atoms with van der Waals surface area (Å²) in [6.07, 6.45) is 14.0. The van der Waals surface area contributed by atoms with Gasteiger partial charge in [0.2, 0.25) is 0 Å². The van der Waals surface area contributed by atoms with Gasteiger partial charge in [-0.15, -0.1) is 0 Å². The van der Waals surface area contributed by atoms with Crippen LogP contribution in [0.5, 0.6) is 0 Å². The lowest BCUT2D eigenvalue weighted by Gasteiger charge is -2.20. The van der Waals surface area contributed by atoms with Crippen LogP contribution in [0.4, 0.5) is 0 Å². The molecule has 4 nitrogen and oxygen atoms in total. The Morgan fingerprint density at radius 2 is 1.12 bits per heavy atom. The molecule has 2 fully saturated rings. The molecule has 0 bridgehead atoms. The molecule has 0 spiro atoms. The molecular weight excluding hydrogens is 238 g/mol. The molecule has 2 rings (SSSR count). The van der Waals surface area contributed by atoms with E-state index in [4.69, 9.17) is 4.55 Å². The Balaban J connectivity index is 0.000000202. The van der Waals surface area contributed by atoms with Gasteiger partial charge in [-0.05, 0) is 12.8 Å². The van der Waals surface area contributed by atoms with Gasteiger partial charge in [0.25, 0.3) is 0 Å². The van der Waals surface area contributed by atoms with Crippen molar-refractivity contribution in [2.45, 2.75) is 76.7 Å². The number of hydrogen-bond acceptors (Lipinski definition) is 2. The van der Waals surface area contributed by atoms with Gasteiger partial charge >= 0.3 is 10.3 Å². The van der Waals surface area contributed by atoms with Gasteiger partial charge < -0.3 is 0 Å². The van der Waals surface area contributed by atoms with E-state index in [1.807, 2.05) is 0 Å². The zero-order valence-corrected chi connectivity index (χ0v) is 11.3. The minimum absolute atomic E-state index is 0.0428. The maximum atomic E-state index is 10.3. The minimum Gasteiger partial charge on any atom is -0.273 e. The maximum Gasteiger partial charge on any atom is 0.333 e. The first-order valence-electron chi connectivity index (χ1n) is 6.83. The molecule has 2 N–H and O–H groups in total. The van der Waals surface area contributed by atoms with Gasteiger partial charge in [0, 0.05) is 6.04 Å². The monoisotopic (exact) mass is 263 g/mol. The second kappa shape index (κ2) is 8.06. The number of hydrogen-bond donors (Lipinski definition) is 2. The van der Waals surface area contributed by atoms with Gasteiger partial charge in [-0.3, -0.25) is 4.55 Å². The van der Waals surface area contributed by atoms with Crippen molar-refractivity contribution >= 4 is 10.3 Å². The van der Waals surface area contributed by atoms with E-state index in [0.717, 1.165) is 25.7 Å². The normalized spacial score (nSPS) is 22.6. The number of nitrogens with one attached hydrogen (secondary N) is 1. The molecule has 0 radical (unpaired) electrons. The third-order valence-corrected chi connectivity index (χ3v) is 4.05. The predicted molar refractivity (Wildman–Crippen MR) is 69.3 cm³/mol. The standard InChI is InChI=1S/C6H13NO3S.C6H12/c8-11(9,10)7-6-4-2-1-3-5-6;1-2-4-6-5-3-1/h6-7H,1-5H2,(H,8,9,10);1-6H2. The third kappa shape index (κ3) is 8.57. The summed E-state index contributed by atoms with van der Waals surface area (Å²) in [7, 11) is -3.97. The van der Waals surface area contributed by atoms with Crippen LogP contribution in [0.1, 0.15) is 70.6 Å². The van der Waals surface area contributed by atoms with E-state index in [2.05, 4.69) is 4.72 Å². The third-order valence-electron chi connectivity index (χ3n) is 3.42. The SMILES string of the molecule is C1CCCCC1.O=S(=O)(O)NC1CCCCC1. The zero-order chi connectivity index (χ0) is 12.6. The molecular formula is C12H25NO3S. The first-order valence-corrected chi connectivity index (χ1v) is 8.27. The lowest BCUT2D eigenvalue weighted by molar-refractivity contribution is 0.389. The summed E-state index contributed by atoms with van der Waals surface area (Å²) in [6, 6.07) is -0.0428. The molecule has 0 aromatic rings. The molecule has 0 aromatic heterocycles. The molecule has 2 saturated carbocycles. The van der Waals surface area contributed by atoms with E-state index in [-0.39, 0.29) is 6.04 Å². The lowest BCUT2D eigenvalue weighted by Crippen LogP contribution is -2.35. The van der Waals surface area contributed by atoms with E-state index in [9.17, 15) is 8.42 Å². The Bertz CT molecular complexity index is 269.